The Morgan fingerprint density at radius 2 is 2.06 bits per heavy atom. The number of carboxylic acid groups (broad SMARTS) is 1. The molecule has 0 aromatic carbocycles. The molecule has 1 aliphatic carbocycles. The lowest BCUT2D eigenvalue weighted by molar-refractivity contribution is -0.143. The Kier molecular flexibility index (Phi) is 4.94. The summed E-state index contributed by atoms with van der Waals surface area (Å²) in [4.78, 5) is 10.9. The Morgan fingerprint density at radius 3 is 2.59 bits per heavy atom. The molecule has 0 aromatic heterocycles. The van der Waals surface area contributed by atoms with Crippen LogP contribution in [-0.2, 0) is 14.8 Å². The summed E-state index contributed by atoms with van der Waals surface area (Å²) in [5.74, 6) is -1.05. The highest BCUT2D eigenvalue weighted by atomic mass is 32.2. The van der Waals surface area contributed by atoms with Crippen LogP contribution in [0.5, 0.6) is 0 Å². The molecule has 1 saturated carbocycles. The molecular formula is C11H21NO4S. The van der Waals surface area contributed by atoms with Crippen molar-refractivity contribution in [3.63, 3.8) is 0 Å². The molecule has 17 heavy (non-hydrogen) atoms. The number of rotatable bonds is 5. The maximum atomic E-state index is 11.7. The van der Waals surface area contributed by atoms with Crippen LogP contribution in [0.2, 0.25) is 0 Å². The van der Waals surface area contributed by atoms with Crippen LogP contribution in [0.25, 0.3) is 0 Å². The molecule has 1 rings (SSSR count). The van der Waals surface area contributed by atoms with E-state index in [-0.39, 0.29) is 17.7 Å². The van der Waals surface area contributed by atoms with E-state index in [1.54, 1.807) is 0 Å². The molecule has 0 heterocycles. The summed E-state index contributed by atoms with van der Waals surface area (Å²) in [5, 5.41) is 8.92. The third kappa shape index (κ3) is 5.04. The van der Waals surface area contributed by atoms with Gasteiger partial charge in [-0.25, -0.2) is 13.1 Å². The van der Waals surface area contributed by atoms with Gasteiger partial charge in [-0.2, -0.15) is 0 Å². The first-order valence-corrected chi connectivity index (χ1v) is 7.68. The monoisotopic (exact) mass is 263 g/mol. The molecule has 6 heteroatoms. The van der Waals surface area contributed by atoms with Gasteiger partial charge in [-0.05, 0) is 25.2 Å². The molecule has 1 aliphatic rings. The summed E-state index contributed by atoms with van der Waals surface area (Å²) >= 11 is 0. The summed E-state index contributed by atoms with van der Waals surface area (Å²) in [6, 6.07) is -0.214. The van der Waals surface area contributed by atoms with Crippen LogP contribution in [0.4, 0.5) is 0 Å². The first kappa shape index (κ1) is 14.4. The zero-order valence-corrected chi connectivity index (χ0v) is 11.2. The van der Waals surface area contributed by atoms with Crippen molar-refractivity contribution in [3.05, 3.63) is 0 Å². The molecule has 0 spiro atoms. The molecule has 100 valence electrons. The maximum Gasteiger partial charge on any atom is 0.306 e. The molecular weight excluding hydrogens is 242 g/mol. The van der Waals surface area contributed by atoms with Gasteiger partial charge in [0.1, 0.15) is 0 Å². The number of nitrogens with one attached hydrogen (secondary N) is 1. The van der Waals surface area contributed by atoms with E-state index in [2.05, 4.69) is 4.72 Å². The van der Waals surface area contributed by atoms with Gasteiger partial charge in [0.2, 0.25) is 10.0 Å². The van der Waals surface area contributed by atoms with Crippen molar-refractivity contribution >= 4 is 16.0 Å². The van der Waals surface area contributed by atoms with Crippen molar-refractivity contribution in [2.45, 2.75) is 45.6 Å². The third-order valence-corrected chi connectivity index (χ3v) is 4.72. The standard InChI is InChI=1S/C11H21NO4S/c1-8(2)7-17(15,16)12-10-5-3-4-9(6-10)11(13)14/h8-10,12H,3-7H2,1-2H3,(H,13,14). The fourth-order valence-corrected chi connectivity index (χ4v) is 3.96. The highest BCUT2D eigenvalue weighted by molar-refractivity contribution is 7.89. The van der Waals surface area contributed by atoms with Crippen LogP contribution in [-0.4, -0.2) is 31.3 Å². The van der Waals surface area contributed by atoms with Crippen LogP contribution in [0.1, 0.15) is 39.5 Å². The zero-order valence-electron chi connectivity index (χ0n) is 10.3. The van der Waals surface area contributed by atoms with Crippen LogP contribution >= 0.6 is 0 Å². The SMILES string of the molecule is CC(C)CS(=O)(=O)NC1CCCC(C(=O)O)C1. The van der Waals surface area contributed by atoms with Gasteiger partial charge in [0.05, 0.1) is 11.7 Å². The molecule has 2 N–H and O–H groups in total. The molecule has 1 fully saturated rings. The topological polar surface area (TPSA) is 83.5 Å². The van der Waals surface area contributed by atoms with E-state index in [4.69, 9.17) is 5.11 Å². The van der Waals surface area contributed by atoms with E-state index in [1.807, 2.05) is 13.8 Å². The van der Waals surface area contributed by atoms with Crippen molar-refractivity contribution < 1.29 is 18.3 Å². The highest BCUT2D eigenvalue weighted by Crippen LogP contribution is 2.25. The summed E-state index contributed by atoms with van der Waals surface area (Å²) in [5.41, 5.74) is 0. The van der Waals surface area contributed by atoms with E-state index >= 15 is 0 Å². The molecule has 2 unspecified atom stereocenters. The van der Waals surface area contributed by atoms with E-state index in [0.29, 0.717) is 12.8 Å². The van der Waals surface area contributed by atoms with E-state index in [1.165, 1.54) is 0 Å². The van der Waals surface area contributed by atoms with E-state index in [0.717, 1.165) is 12.8 Å². The predicted molar refractivity (Wildman–Crippen MR) is 65.1 cm³/mol. The van der Waals surface area contributed by atoms with Gasteiger partial charge in [0.15, 0.2) is 0 Å². The second-order valence-electron chi connectivity index (χ2n) is 5.19. The molecule has 0 bridgehead atoms. The summed E-state index contributed by atoms with van der Waals surface area (Å²) < 4.78 is 26.1. The van der Waals surface area contributed by atoms with Crippen molar-refractivity contribution in [3.8, 4) is 0 Å². The van der Waals surface area contributed by atoms with Gasteiger partial charge in [0, 0.05) is 6.04 Å². The smallest absolute Gasteiger partial charge is 0.306 e. The van der Waals surface area contributed by atoms with Crippen molar-refractivity contribution in [1.82, 2.24) is 4.72 Å². The van der Waals surface area contributed by atoms with Gasteiger partial charge in [-0.1, -0.05) is 20.3 Å². The summed E-state index contributed by atoms with van der Waals surface area (Å²) in [6.45, 7) is 3.69. The number of aliphatic carboxylic acids is 1. The molecule has 0 radical (unpaired) electrons. The lowest BCUT2D eigenvalue weighted by Crippen LogP contribution is -2.41. The predicted octanol–water partition coefficient (Wildman–Crippen LogP) is 1.21. The van der Waals surface area contributed by atoms with Gasteiger partial charge in [-0.3, -0.25) is 4.79 Å². The summed E-state index contributed by atoms with van der Waals surface area (Å²) in [6.07, 6.45) is 2.57. The number of carboxylic acids is 1. The Labute approximate surface area is 103 Å². The lowest BCUT2D eigenvalue weighted by Gasteiger charge is -2.27. The first-order valence-electron chi connectivity index (χ1n) is 6.03. The minimum atomic E-state index is -3.27. The second kappa shape index (κ2) is 5.82. The van der Waals surface area contributed by atoms with Gasteiger partial charge in [-0.15, -0.1) is 0 Å². The molecule has 0 aliphatic heterocycles. The number of hydrogen-bond acceptors (Lipinski definition) is 3. The van der Waals surface area contributed by atoms with Crippen LogP contribution in [0, 0.1) is 11.8 Å². The number of hydrogen-bond donors (Lipinski definition) is 2. The average Bonchev–Trinajstić information content (AvgIpc) is 2.14. The Morgan fingerprint density at radius 1 is 1.41 bits per heavy atom. The molecule has 0 amide bonds. The average molecular weight is 263 g/mol. The van der Waals surface area contributed by atoms with Crippen LogP contribution in [0.15, 0.2) is 0 Å². The Hall–Kier alpha value is -0.620. The first-order chi connectivity index (χ1) is 7.80. The largest absolute Gasteiger partial charge is 0.481 e. The fraction of sp³-hybridized carbons (Fsp3) is 0.909. The van der Waals surface area contributed by atoms with Crippen molar-refractivity contribution in [2.24, 2.45) is 11.8 Å². The van der Waals surface area contributed by atoms with E-state index < -0.39 is 21.9 Å². The van der Waals surface area contributed by atoms with Crippen LogP contribution < -0.4 is 4.72 Å². The maximum absolute atomic E-state index is 11.7. The van der Waals surface area contributed by atoms with Gasteiger partial charge < -0.3 is 5.11 Å². The minimum absolute atomic E-state index is 0.0753. The third-order valence-electron chi connectivity index (χ3n) is 2.92. The van der Waals surface area contributed by atoms with E-state index in [9.17, 15) is 13.2 Å². The van der Waals surface area contributed by atoms with Gasteiger partial charge >= 0.3 is 5.97 Å². The molecule has 0 saturated heterocycles. The Bertz CT molecular complexity index is 364. The van der Waals surface area contributed by atoms with Crippen LogP contribution in [0.3, 0.4) is 0 Å². The van der Waals surface area contributed by atoms with Gasteiger partial charge in [0.25, 0.3) is 0 Å². The zero-order chi connectivity index (χ0) is 13.1. The highest BCUT2D eigenvalue weighted by Gasteiger charge is 2.29. The molecule has 2 atom stereocenters. The number of carbonyl (C=O) groups is 1. The minimum Gasteiger partial charge on any atom is -0.481 e. The fourth-order valence-electron chi connectivity index (χ4n) is 2.26. The lowest BCUT2D eigenvalue weighted by atomic mass is 9.86. The number of sulfonamides is 1. The van der Waals surface area contributed by atoms with Crippen molar-refractivity contribution in [1.29, 1.82) is 0 Å². The Balaban J connectivity index is 2.54. The molecule has 0 aromatic rings. The summed E-state index contributed by atoms with van der Waals surface area (Å²) in [7, 11) is -3.27. The quantitative estimate of drug-likeness (QED) is 0.781. The molecule has 5 nitrogen and oxygen atoms in total. The van der Waals surface area contributed by atoms with Crippen molar-refractivity contribution in [2.75, 3.05) is 5.75 Å². The normalized spacial score (nSPS) is 26.1. The second-order valence-corrected chi connectivity index (χ2v) is 6.99.